The number of hydrogen-bond acceptors (Lipinski definition) is 14. The molecule has 8 aliphatic heterocycles. The maximum Gasteiger partial charge on any atom is 0.297 e. The number of rotatable bonds is 7. The molecule has 1 aromatic carbocycles. The molecule has 0 radical (unpaired) electrons. The Morgan fingerprint density at radius 1 is 0.857 bits per heavy atom. The Labute approximate surface area is 385 Å². The van der Waals surface area contributed by atoms with Gasteiger partial charge in [0.15, 0.2) is 5.79 Å². The highest BCUT2D eigenvalue weighted by Crippen LogP contribution is 2.51. The fourth-order valence-electron chi connectivity index (χ4n) is 11.7. The molecule has 0 aromatic heterocycles. The molecular weight excluding hydrogens is 947 g/mol. The number of halogens is 1. The largest absolute Gasteiger partial charge is 0.391 e. The summed E-state index contributed by atoms with van der Waals surface area (Å²) in [6.45, 7) is 12.5. The number of aryl methyl sites for hydroxylation is 1. The van der Waals surface area contributed by atoms with E-state index in [-0.39, 0.29) is 88.6 Å². The normalized spacial score (nSPS) is 45.0. The van der Waals surface area contributed by atoms with Crippen molar-refractivity contribution in [3.8, 4) is 0 Å². The Morgan fingerprint density at radius 2 is 1.59 bits per heavy atom. The van der Waals surface area contributed by atoms with Gasteiger partial charge in [-0.2, -0.15) is 8.42 Å². The van der Waals surface area contributed by atoms with Crippen LogP contribution in [-0.4, -0.2) is 139 Å². The maximum absolute atomic E-state index is 14.3. The molecule has 0 saturated carbocycles. The first-order valence-corrected chi connectivity index (χ1v) is 25.7. The van der Waals surface area contributed by atoms with Gasteiger partial charge < -0.3 is 48.1 Å². The van der Waals surface area contributed by atoms with Gasteiger partial charge in [-0.25, -0.2) is 0 Å². The van der Waals surface area contributed by atoms with Gasteiger partial charge in [-0.05, 0) is 81.1 Å². The van der Waals surface area contributed by atoms with E-state index in [9.17, 15) is 23.4 Å². The summed E-state index contributed by atoms with van der Waals surface area (Å²) in [6.07, 6.45) is 0.251. The van der Waals surface area contributed by atoms with Gasteiger partial charge in [-0.1, -0.05) is 60.4 Å². The Balaban J connectivity index is 0.956. The van der Waals surface area contributed by atoms with Gasteiger partial charge in [0.2, 0.25) is 0 Å². The lowest BCUT2D eigenvalue weighted by Crippen LogP contribution is -2.63. The van der Waals surface area contributed by atoms with Crippen molar-refractivity contribution in [1.29, 1.82) is 0 Å². The number of methoxy groups -OCH3 is 1. The molecule has 1 spiro atoms. The molecule has 0 aliphatic carbocycles. The van der Waals surface area contributed by atoms with Crippen molar-refractivity contribution in [2.24, 2.45) is 11.8 Å². The van der Waals surface area contributed by atoms with Crippen molar-refractivity contribution >= 4 is 38.5 Å². The van der Waals surface area contributed by atoms with E-state index in [0.29, 0.717) is 38.5 Å². The van der Waals surface area contributed by atoms with Gasteiger partial charge in [-0.3, -0.25) is 8.98 Å². The quantitative estimate of drug-likeness (QED) is 0.150. The fraction of sp³-hybridized carbons (Fsp3) is 0.766. The summed E-state index contributed by atoms with van der Waals surface area (Å²) in [4.78, 5) is 14.3. The monoisotopic (exact) mass is 1010 g/mol. The lowest BCUT2D eigenvalue weighted by molar-refractivity contribution is -0.274. The molecule has 14 nitrogen and oxygen atoms in total. The molecule has 9 rings (SSSR count). The Kier molecular flexibility index (Phi) is 14.0. The van der Waals surface area contributed by atoms with Crippen LogP contribution in [0.15, 0.2) is 53.5 Å². The first-order chi connectivity index (χ1) is 30.1. The summed E-state index contributed by atoms with van der Waals surface area (Å²) in [5.74, 6) is -1.22. The third kappa shape index (κ3) is 9.82. The number of ketones is 1. The molecule has 16 heteroatoms. The molecule has 8 fully saturated rings. The molecular formula is C47H65IO14S. The zero-order valence-electron chi connectivity index (χ0n) is 36.6. The highest BCUT2D eigenvalue weighted by Gasteiger charge is 2.63. The minimum absolute atomic E-state index is 0.00435. The number of aliphatic hydroxyl groups excluding tert-OH is 2. The van der Waals surface area contributed by atoms with E-state index in [1.54, 1.807) is 19.2 Å². The summed E-state index contributed by atoms with van der Waals surface area (Å²) in [5, 5.41) is 22.5. The second kappa shape index (κ2) is 18.9. The van der Waals surface area contributed by atoms with E-state index in [4.69, 9.17) is 42.1 Å². The van der Waals surface area contributed by atoms with Crippen molar-refractivity contribution in [2.75, 3.05) is 13.7 Å². The second-order valence-corrected chi connectivity index (χ2v) is 22.7. The smallest absolute Gasteiger partial charge is 0.297 e. The van der Waals surface area contributed by atoms with Crippen LogP contribution in [0.4, 0.5) is 0 Å². The standard InChI is InChI=1S/C47H65IO14S/c1-24-6-10-33(11-7-24)63(52,53)55-23-29(50)20-40-42(54-5)34-19-28(49)18-31-9-13-37-44(58-31)46-41(48)45(60-37)43-35(51)22-47(61-43,62-46)15-14-32-17-26(3)36(56-32)12-8-30-16-25(2)27(4)38(57-30)21-39(34)59-40/h6-7,10-11,25,29-32,34-46,50-51H,3-4,8-9,12-23H2,1-2,5H3/t25-,29?,30+,31?,32?,34?,35-,36+,37?,38-,39?,40-,41?,42-,43?,44+,45-,46?,47+/m1/s1. The third-order valence-corrected chi connectivity index (χ3v) is 17.8. The van der Waals surface area contributed by atoms with E-state index in [0.717, 1.165) is 42.4 Å². The van der Waals surface area contributed by atoms with Crippen molar-refractivity contribution in [2.45, 2.75) is 203 Å². The fourth-order valence-corrected chi connectivity index (χ4v) is 13.8. The number of alkyl halides is 1. The predicted molar refractivity (Wildman–Crippen MR) is 237 cm³/mol. The Morgan fingerprint density at radius 3 is 2.37 bits per heavy atom. The van der Waals surface area contributed by atoms with Crippen molar-refractivity contribution in [1.82, 2.24) is 0 Å². The Hall–Kier alpha value is -1.39. The number of ether oxygens (including phenoxy) is 8. The van der Waals surface area contributed by atoms with E-state index >= 15 is 0 Å². The Bertz CT molecular complexity index is 1950. The van der Waals surface area contributed by atoms with Crippen LogP contribution in [0, 0.1) is 18.8 Å². The molecule has 9 unspecified atom stereocenters. The third-order valence-electron chi connectivity index (χ3n) is 15.1. The van der Waals surface area contributed by atoms with Crippen LogP contribution in [0.1, 0.15) is 96.0 Å². The van der Waals surface area contributed by atoms with Crippen LogP contribution in [0.5, 0.6) is 0 Å². The minimum atomic E-state index is -4.11. The van der Waals surface area contributed by atoms with Crippen molar-refractivity contribution in [3.05, 3.63) is 54.1 Å². The molecule has 19 atom stereocenters. The van der Waals surface area contributed by atoms with Crippen LogP contribution >= 0.6 is 22.6 Å². The van der Waals surface area contributed by atoms with E-state index < -0.39 is 71.2 Å². The number of benzene rings is 1. The summed E-state index contributed by atoms with van der Waals surface area (Å²) >= 11 is 2.37. The lowest BCUT2D eigenvalue weighted by atomic mass is 9.81. The van der Waals surface area contributed by atoms with Crippen LogP contribution in [0.25, 0.3) is 0 Å². The van der Waals surface area contributed by atoms with Crippen molar-refractivity contribution in [3.63, 3.8) is 0 Å². The summed E-state index contributed by atoms with van der Waals surface area (Å²) < 4.78 is 84.7. The van der Waals surface area contributed by atoms with Crippen LogP contribution < -0.4 is 0 Å². The zero-order valence-corrected chi connectivity index (χ0v) is 39.6. The minimum Gasteiger partial charge on any atom is -0.391 e. The maximum atomic E-state index is 14.3. The second-order valence-electron chi connectivity index (χ2n) is 19.6. The zero-order chi connectivity index (χ0) is 44.4. The van der Waals surface area contributed by atoms with E-state index in [1.807, 2.05) is 6.92 Å². The molecule has 0 amide bonds. The molecule has 8 heterocycles. The predicted octanol–water partition coefficient (Wildman–Crippen LogP) is 5.59. The summed E-state index contributed by atoms with van der Waals surface area (Å²) in [6, 6.07) is 6.33. The van der Waals surface area contributed by atoms with Gasteiger partial charge >= 0.3 is 0 Å². The van der Waals surface area contributed by atoms with Gasteiger partial charge in [0.05, 0.1) is 82.6 Å². The number of hydrogen-bond donors (Lipinski definition) is 2. The summed E-state index contributed by atoms with van der Waals surface area (Å²) in [5.41, 5.74) is 2.95. The highest BCUT2D eigenvalue weighted by molar-refractivity contribution is 14.1. The molecule has 8 saturated heterocycles. The molecule has 350 valence electrons. The summed E-state index contributed by atoms with van der Waals surface area (Å²) in [7, 11) is -2.53. The number of aliphatic hydroxyl groups is 2. The number of carbonyl (C=O) groups is 1. The van der Waals surface area contributed by atoms with E-state index in [1.165, 1.54) is 12.1 Å². The van der Waals surface area contributed by atoms with E-state index in [2.05, 4.69) is 42.7 Å². The first kappa shape index (κ1) is 46.7. The topological polar surface area (TPSA) is 175 Å². The molecule has 8 aliphatic rings. The highest BCUT2D eigenvalue weighted by atomic mass is 127. The molecule has 10 bridgehead atoms. The average Bonchev–Trinajstić information content (AvgIpc) is 3.87. The van der Waals surface area contributed by atoms with Crippen LogP contribution in [0.3, 0.4) is 0 Å². The van der Waals surface area contributed by atoms with Gasteiger partial charge in [0.25, 0.3) is 10.1 Å². The SMILES string of the molecule is C=C1CC2CC[C@]34C[C@@H](O)C(O3)[C@@H]3OC5CCC(CC(=O)CC6C(C[C@H]7O[C@@H](CC[C@@H]1O2)C[C@@H](C)C7=C)O[C@H](CC(O)COS(=O)(=O)c1ccc(C)cc1)[C@@H]6OC)O[C@@H]5C(O4)C3I. The van der Waals surface area contributed by atoms with Gasteiger partial charge in [0, 0.05) is 51.6 Å². The first-order valence-electron chi connectivity index (χ1n) is 23.1. The van der Waals surface area contributed by atoms with Crippen LogP contribution in [-0.2, 0) is 57.0 Å². The number of carbonyl (C=O) groups excluding carboxylic acids is 1. The van der Waals surface area contributed by atoms with Crippen LogP contribution in [0.2, 0.25) is 0 Å². The number of Topliss-reactive ketones (excluding diaryl/α,β-unsaturated/α-hetero) is 1. The molecule has 2 N–H and O–H groups in total. The van der Waals surface area contributed by atoms with Crippen molar-refractivity contribution < 1.29 is 65.5 Å². The molecule has 63 heavy (non-hydrogen) atoms. The average molecular weight is 1010 g/mol. The van der Waals surface area contributed by atoms with Gasteiger partial charge in [0.1, 0.15) is 30.2 Å². The lowest BCUT2D eigenvalue weighted by Gasteiger charge is -2.49. The molecule has 1 aromatic rings. The van der Waals surface area contributed by atoms with Gasteiger partial charge in [-0.15, -0.1) is 0 Å². The number of fused-ring (bicyclic) bond motifs is 9.